The van der Waals surface area contributed by atoms with Crippen LogP contribution in [0.1, 0.15) is 35.1 Å². The summed E-state index contributed by atoms with van der Waals surface area (Å²) in [5.41, 5.74) is -2.47. The normalized spacial score (nSPS) is 16.8. The Morgan fingerprint density at radius 3 is 1.93 bits per heavy atom. The summed E-state index contributed by atoms with van der Waals surface area (Å²) in [4.78, 5) is 33.1. The number of aromatic nitrogens is 4. The van der Waals surface area contributed by atoms with E-state index < -0.39 is 71.4 Å². The highest BCUT2D eigenvalue weighted by Crippen LogP contribution is 2.42. The van der Waals surface area contributed by atoms with Crippen LogP contribution in [-0.2, 0) is 19.3 Å². The summed E-state index contributed by atoms with van der Waals surface area (Å²) in [6, 6.07) is 13.4. The first-order valence-electron chi connectivity index (χ1n) is 17.9. The van der Waals surface area contributed by atoms with Crippen LogP contribution in [0.4, 0.5) is 47.2 Å². The maximum Gasteiger partial charge on any atom is 0.422 e. The minimum atomic E-state index is -5.05. The van der Waals surface area contributed by atoms with Crippen LogP contribution < -0.4 is 24.0 Å². The number of nitrogens with zero attached hydrogens (tertiary/aromatic N) is 7. The van der Waals surface area contributed by atoms with Crippen molar-refractivity contribution in [2.45, 2.75) is 57.3 Å². The number of alkyl halides is 6. The summed E-state index contributed by atoms with van der Waals surface area (Å²) in [6.45, 7) is -0.228. The maximum absolute atomic E-state index is 17.0. The lowest BCUT2D eigenvalue weighted by atomic mass is 10.0. The van der Waals surface area contributed by atoms with E-state index in [0.717, 1.165) is 17.3 Å². The van der Waals surface area contributed by atoms with Crippen molar-refractivity contribution in [1.82, 2.24) is 24.8 Å². The number of halogens is 7. The van der Waals surface area contributed by atoms with E-state index in [-0.39, 0.29) is 48.8 Å². The Balaban J connectivity index is 1.37. The zero-order valence-corrected chi connectivity index (χ0v) is 31.2. The largest absolute Gasteiger partial charge is 0.497 e. The van der Waals surface area contributed by atoms with Crippen molar-refractivity contribution < 1.29 is 54.8 Å². The van der Waals surface area contributed by atoms with Crippen molar-refractivity contribution in [3.05, 3.63) is 88.9 Å². The molecule has 19 heteroatoms. The number of aryl methyl sites for hydroxylation is 1. The maximum atomic E-state index is 17.0. The molecule has 306 valence electrons. The second kappa shape index (κ2) is 15.7. The highest BCUT2D eigenvalue weighted by Gasteiger charge is 2.44. The van der Waals surface area contributed by atoms with E-state index in [2.05, 4.69) is 19.9 Å². The third-order valence-electron chi connectivity index (χ3n) is 10.1. The number of benzene rings is 2. The molecule has 2 atom stereocenters. The van der Waals surface area contributed by atoms with E-state index in [0.29, 0.717) is 24.3 Å². The molecule has 2 saturated heterocycles. The first-order chi connectivity index (χ1) is 27.5. The van der Waals surface area contributed by atoms with Gasteiger partial charge in [-0.3, -0.25) is 9.88 Å². The summed E-state index contributed by atoms with van der Waals surface area (Å²) in [5.74, 6) is -0.304. The van der Waals surface area contributed by atoms with Gasteiger partial charge in [-0.25, -0.2) is 14.2 Å². The van der Waals surface area contributed by atoms with Crippen LogP contribution in [0.15, 0.2) is 60.8 Å². The number of pyridine rings is 2. The van der Waals surface area contributed by atoms with E-state index in [9.17, 15) is 36.2 Å². The quantitative estimate of drug-likeness (QED) is 0.130. The molecule has 2 aliphatic rings. The van der Waals surface area contributed by atoms with Gasteiger partial charge in [0.15, 0.2) is 12.4 Å². The standard InChI is InChI=1S/C39H36F7N7O5/c1-21-14-29(51(16-22-4-10-26(56-2)11-5-22)17-23-6-12-27(57-3)13-7-23)48-33(30(21)39(44,45)46)34-31(40)32-28(15-47-34)35(50-36(49-32)58-20-38(41,42)43)52-18-24-8-9-25(19-52)53(24)37(54)55/h4-7,10-15,24-25H,8-9,16-20H2,1-3H3,(H,54,55)/t24-,25+. The molecule has 5 heterocycles. The third-order valence-corrected chi connectivity index (χ3v) is 10.1. The lowest BCUT2D eigenvalue weighted by Gasteiger charge is -2.40. The van der Waals surface area contributed by atoms with Gasteiger partial charge in [0.1, 0.15) is 40.0 Å². The van der Waals surface area contributed by atoms with Crippen molar-refractivity contribution in [2.75, 3.05) is 43.7 Å². The molecule has 0 radical (unpaired) electrons. The minimum absolute atomic E-state index is 0.0396. The SMILES string of the molecule is COc1ccc(CN(Cc2ccc(OC)cc2)c2cc(C)c(C(F)(F)F)c(-c3ncc4c(N5C[C@H]6CC[C@@H](C5)N6C(=O)O)nc(OCC(F)(F)F)nc4c3F)n2)cc1. The first kappa shape index (κ1) is 40.1. The van der Waals surface area contributed by atoms with Crippen molar-refractivity contribution in [3.8, 4) is 28.9 Å². The fraction of sp³-hybridized carbons (Fsp3) is 0.359. The summed E-state index contributed by atoms with van der Waals surface area (Å²) in [7, 11) is 3.02. The smallest absolute Gasteiger partial charge is 0.422 e. The molecule has 2 fully saturated rings. The summed E-state index contributed by atoms with van der Waals surface area (Å²) >= 11 is 0. The number of carboxylic acid groups (broad SMARTS) is 1. The molecule has 1 amide bonds. The molecule has 7 rings (SSSR count). The molecule has 58 heavy (non-hydrogen) atoms. The van der Waals surface area contributed by atoms with E-state index in [4.69, 9.17) is 14.2 Å². The number of rotatable bonds is 11. The molecular formula is C39H36F7N7O5. The van der Waals surface area contributed by atoms with E-state index in [1.807, 2.05) is 0 Å². The Morgan fingerprint density at radius 1 is 0.862 bits per heavy atom. The summed E-state index contributed by atoms with van der Waals surface area (Å²) < 4.78 is 117. The Labute approximate surface area is 326 Å². The number of ether oxygens (including phenoxy) is 3. The molecule has 0 saturated carbocycles. The summed E-state index contributed by atoms with van der Waals surface area (Å²) in [5, 5.41) is 9.62. The average Bonchev–Trinajstić information content (AvgIpc) is 3.45. The highest BCUT2D eigenvalue weighted by atomic mass is 19.4. The van der Waals surface area contributed by atoms with Crippen LogP contribution in [0.5, 0.6) is 17.5 Å². The van der Waals surface area contributed by atoms with E-state index >= 15 is 4.39 Å². The zero-order valence-electron chi connectivity index (χ0n) is 31.2. The number of hydrogen-bond donors (Lipinski definition) is 1. The molecule has 0 spiro atoms. The number of hydrogen-bond acceptors (Lipinski definition) is 10. The van der Waals surface area contributed by atoms with Gasteiger partial charge in [0.2, 0.25) is 0 Å². The van der Waals surface area contributed by atoms with Crippen molar-refractivity contribution in [2.24, 2.45) is 0 Å². The van der Waals surface area contributed by atoms with Gasteiger partial charge in [0.25, 0.3) is 0 Å². The average molecular weight is 816 g/mol. The van der Waals surface area contributed by atoms with Crippen LogP contribution >= 0.6 is 0 Å². The number of piperazine rings is 1. The van der Waals surface area contributed by atoms with Gasteiger partial charge < -0.3 is 29.1 Å². The highest BCUT2D eigenvalue weighted by molar-refractivity contribution is 5.92. The Hall–Kier alpha value is -6.14. The van der Waals surface area contributed by atoms with Gasteiger partial charge in [0.05, 0.1) is 37.3 Å². The molecule has 0 aliphatic carbocycles. The number of amides is 1. The molecule has 3 aromatic heterocycles. The number of fused-ring (bicyclic) bond motifs is 3. The van der Waals surface area contributed by atoms with E-state index in [1.54, 1.807) is 58.3 Å². The molecule has 12 nitrogen and oxygen atoms in total. The zero-order chi connectivity index (χ0) is 41.5. The van der Waals surface area contributed by atoms with Gasteiger partial charge in [-0.2, -0.15) is 36.3 Å². The molecule has 2 aliphatic heterocycles. The van der Waals surface area contributed by atoms with Crippen molar-refractivity contribution >= 4 is 28.6 Å². The van der Waals surface area contributed by atoms with Gasteiger partial charge >= 0.3 is 24.5 Å². The van der Waals surface area contributed by atoms with Crippen molar-refractivity contribution in [3.63, 3.8) is 0 Å². The number of anilines is 2. The number of methoxy groups -OCH3 is 2. The van der Waals surface area contributed by atoms with Crippen LogP contribution in [0, 0.1) is 12.7 Å². The topological polar surface area (TPSA) is 126 Å². The monoisotopic (exact) mass is 815 g/mol. The van der Waals surface area contributed by atoms with Crippen LogP contribution in [-0.4, -0.2) is 88.2 Å². The van der Waals surface area contributed by atoms with Crippen LogP contribution in [0.25, 0.3) is 22.3 Å². The van der Waals surface area contributed by atoms with Gasteiger partial charge in [-0.1, -0.05) is 24.3 Å². The van der Waals surface area contributed by atoms with Gasteiger partial charge in [-0.05, 0) is 66.8 Å². The fourth-order valence-corrected chi connectivity index (χ4v) is 7.49. The molecule has 2 aromatic carbocycles. The first-order valence-corrected chi connectivity index (χ1v) is 17.9. The molecular weight excluding hydrogens is 779 g/mol. The molecule has 1 N–H and O–H groups in total. The Morgan fingerprint density at radius 2 is 1.43 bits per heavy atom. The van der Waals surface area contributed by atoms with Crippen LogP contribution in [0.3, 0.4) is 0 Å². The van der Waals surface area contributed by atoms with Crippen molar-refractivity contribution in [1.29, 1.82) is 0 Å². The molecule has 0 unspecified atom stereocenters. The summed E-state index contributed by atoms with van der Waals surface area (Å²) in [6.07, 6.45) is -8.98. The second-order valence-corrected chi connectivity index (χ2v) is 14.0. The van der Waals surface area contributed by atoms with Gasteiger partial charge in [0, 0.05) is 32.4 Å². The van der Waals surface area contributed by atoms with E-state index in [1.165, 1.54) is 32.1 Å². The lowest BCUT2D eigenvalue weighted by Crippen LogP contribution is -2.55. The molecule has 2 bridgehead atoms. The minimum Gasteiger partial charge on any atom is -0.497 e. The lowest BCUT2D eigenvalue weighted by molar-refractivity contribution is -0.154. The Bertz CT molecular complexity index is 2250. The second-order valence-electron chi connectivity index (χ2n) is 14.0. The molecule has 5 aromatic rings. The predicted molar refractivity (Wildman–Crippen MR) is 197 cm³/mol. The third kappa shape index (κ3) is 8.29. The Kier molecular flexibility index (Phi) is 10.8. The number of carbonyl (C=O) groups is 1. The predicted octanol–water partition coefficient (Wildman–Crippen LogP) is 8.05. The van der Waals surface area contributed by atoms with Gasteiger partial charge in [-0.15, -0.1) is 0 Å². The fourth-order valence-electron chi connectivity index (χ4n) is 7.49. The van der Waals surface area contributed by atoms with Crippen LogP contribution in [0.2, 0.25) is 0 Å².